The standard InChI is InChI=1S/C25H18N4O4/c30-23-17-10-4-5-11-18(17)24(31)22(29-20-13-7-6-12-19(20)27-28-29)21(23)26-14-15-33-25(32)16-8-2-1-3-9-16/h1-13,26H,14-15H2. The summed E-state index contributed by atoms with van der Waals surface area (Å²) in [7, 11) is 0. The first kappa shape index (κ1) is 20.3. The highest BCUT2D eigenvalue weighted by atomic mass is 16.5. The number of Topliss-reactive ketones (excluding diaryl/α,β-unsaturated/α-hetero) is 2. The molecule has 1 N–H and O–H groups in total. The van der Waals surface area contributed by atoms with Crippen LogP contribution in [0.3, 0.4) is 0 Å². The van der Waals surface area contributed by atoms with Crippen LogP contribution in [0.4, 0.5) is 0 Å². The number of hydrogen-bond acceptors (Lipinski definition) is 7. The van der Waals surface area contributed by atoms with E-state index in [4.69, 9.17) is 4.74 Å². The van der Waals surface area contributed by atoms with Crippen LogP contribution in [-0.4, -0.2) is 45.7 Å². The number of nitrogens with zero attached hydrogens (tertiary/aromatic N) is 3. The molecule has 1 aliphatic rings. The predicted octanol–water partition coefficient (Wildman–Crippen LogP) is 3.13. The maximum Gasteiger partial charge on any atom is 0.338 e. The molecule has 0 fully saturated rings. The zero-order chi connectivity index (χ0) is 22.8. The van der Waals surface area contributed by atoms with Crippen LogP contribution in [0.1, 0.15) is 31.1 Å². The Morgan fingerprint density at radius 2 is 1.52 bits per heavy atom. The van der Waals surface area contributed by atoms with Crippen LogP contribution in [0.5, 0.6) is 0 Å². The Labute approximate surface area is 188 Å². The Kier molecular flexibility index (Phi) is 5.24. The summed E-state index contributed by atoms with van der Waals surface area (Å²) < 4.78 is 6.67. The van der Waals surface area contributed by atoms with Gasteiger partial charge in [-0.25, -0.2) is 9.48 Å². The van der Waals surface area contributed by atoms with Gasteiger partial charge >= 0.3 is 5.97 Å². The first-order chi connectivity index (χ1) is 16.1. The van der Waals surface area contributed by atoms with Gasteiger partial charge in [0.05, 0.1) is 11.1 Å². The normalized spacial score (nSPS) is 13.2. The lowest BCUT2D eigenvalue weighted by molar-refractivity contribution is 0.0510. The molecule has 0 radical (unpaired) electrons. The SMILES string of the molecule is O=C(OCCNC1=C(n2nnc3ccccc32)C(=O)c2ccccc2C1=O)c1ccccc1. The zero-order valence-corrected chi connectivity index (χ0v) is 17.4. The van der Waals surface area contributed by atoms with Gasteiger partial charge in [-0.1, -0.05) is 59.8 Å². The summed E-state index contributed by atoms with van der Waals surface area (Å²) in [6, 6.07) is 22.5. The van der Waals surface area contributed by atoms with E-state index in [1.807, 2.05) is 18.2 Å². The minimum absolute atomic E-state index is 0.00568. The van der Waals surface area contributed by atoms with Crippen LogP contribution >= 0.6 is 0 Å². The molecule has 0 bridgehead atoms. The average molecular weight is 438 g/mol. The Bertz CT molecular complexity index is 1420. The van der Waals surface area contributed by atoms with Gasteiger partial charge in [0.1, 0.15) is 23.5 Å². The number of hydrogen-bond donors (Lipinski definition) is 1. The summed E-state index contributed by atoms with van der Waals surface area (Å²) in [5.74, 6) is -1.15. The fraction of sp³-hybridized carbons (Fsp3) is 0.0800. The summed E-state index contributed by atoms with van der Waals surface area (Å²) >= 11 is 0. The number of ether oxygens (including phenoxy) is 1. The van der Waals surface area contributed by atoms with Gasteiger partial charge in [-0.3, -0.25) is 9.59 Å². The topological polar surface area (TPSA) is 103 Å². The molecule has 1 aliphatic carbocycles. The summed E-state index contributed by atoms with van der Waals surface area (Å²) in [5, 5.41) is 11.2. The Balaban J connectivity index is 1.46. The molecule has 33 heavy (non-hydrogen) atoms. The van der Waals surface area contributed by atoms with E-state index < -0.39 is 5.97 Å². The summed E-state index contributed by atoms with van der Waals surface area (Å²) in [6.07, 6.45) is 0. The molecule has 0 saturated heterocycles. The fourth-order valence-corrected chi connectivity index (χ4v) is 3.74. The summed E-state index contributed by atoms with van der Waals surface area (Å²) in [4.78, 5) is 38.9. The Morgan fingerprint density at radius 3 is 2.30 bits per heavy atom. The van der Waals surface area contributed by atoms with Crippen LogP contribution in [0.15, 0.2) is 84.6 Å². The van der Waals surface area contributed by atoms with Gasteiger partial charge in [-0.2, -0.15) is 0 Å². The van der Waals surface area contributed by atoms with Crippen molar-refractivity contribution in [3.63, 3.8) is 0 Å². The third kappa shape index (κ3) is 3.67. The molecular weight excluding hydrogens is 420 g/mol. The van der Waals surface area contributed by atoms with Gasteiger partial charge in [0, 0.05) is 17.7 Å². The van der Waals surface area contributed by atoms with E-state index in [2.05, 4.69) is 15.6 Å². The van der Waals surface area contributed by atoms with E-state index in [1.54, 1.807) is 60.7 Å². The van der Waals surface area contributed by atoms with Gasteiger partial charge in [0.2, 0.25) is 11.6 Å². The van der Waals surface area contributed by atoms with Crippen molar-refractivity contribution in [2.75, 3.05) is 13.2 Å². The van der Waals surface area contributed by atoms with Crippen LogP contribution in [0.2, 0.25) is 0 Å². The van der Waals surface area contributed by atoms with Crippen molar-refractivity contribution in [1.82, 2.24) is 20.3 Å². The number of benzene rings is 3. The lowest BCUT2D eigenvalue weighted by Crippen LogP contribution is -2.34. The molecule has 1 aromatic heterocycles. The minimum Gasteiger partial charge on any atom is -0.460 e. The molecule has 4 aromatic rings. The minimum atomic E-state index is -0.467. The number of nitrogens with one attached hydrogen (secondary N) is 1. The maximum atomic E-state index is 13.4. The zero-order valence-electron chi connectivity index (χ0n) is 17.4. The van der Waals surface area contributed by atoms with E-state index in [9.17, 15) is 14.4 Å². The van der Waals surface area contributed by atoms with Gasteiger partial charge in [0.15, 0.2) is 0 Å². The molecule has 8 heteroatoms. The van der Waals surface area contributed by atoms with E-state index in [1.165, 1.54) is 4.68 Å². The van der Waals surface area contributed by atoms with Crippen molar-refractivity contribution in [3.05, 3.63) is 101 Å². The predicted molar refractivity (Wildman–Crippen MR) is 121 cm³/mol. The number of carbonyl (C=O) groups is 3. The van der Waals surface area contributed by atoms with Crippen molar-refractivity contribution in [1.29, 1.82) is 0 Å². The number of aromatic nitrogens is 3. The third-order valence-corrected chi connectivity index (χ3v) is 5.31. The Morgan fingerprint density at radius 1 is 0.848 bits per heavy atom. The number of para-hydroxylation sites is 1. The second-order valence-corrected chi connectivity index (χ2v) is 7.35. The number of allylic oxidation sites excluding steroid dienone is 2. The lowest BCUT2D eigenvalue weighted by atomic mass is 9.90. The Hall–Kier alpha value is -4.59. The lowest BCUT2D eigenvalue weighted by Gasteiger charge is -2.22. The maximum absolute atomic E-state index is 13.4. The first-order valence-electron chi connectivity index (χ1n) is 10.3. The average Bonchev–Trinajstić information content (AvgIpc) is 3.29. The second kappa shape index (κ2) is 8.51. The number of rotatable bonds is 6. The highest BCUT2D eigenvalue weighted by molar-refractivity contribution is 6.37. The highest BCUT2D eigenvalue weighted by Crippen LogP contribution is 2.29. The first-order valence-corrected chi connectivity index (χ1v) is 10.3. The number of ketones is 2. The van der Waals surface area contributed by atoms with Crippen LogP contribution in [0, 0.1) is 0 Å². The number of carbonyl (C=O) groups excluding carboxylic acids is 3. The van der Waals surface area contributed by atoms with Gasteiger partial charge in [0.25, 0.3) is 0 Å². The van der Waals surface area contributed by atoms with Crippen LogP contribution in [0.25, 0.3) is 16.7 Å². The monoisotopic (exact) mass is 438 g/mol. The number of fused-ring (bicyclic) bond motifs is 2. The third-order valence-electron chi connectivity index (χ3n) is 5.31. The van der Waals surface area contributed by atoms with Crippen molar-refractivity contribution in [3.8, 4) is 0 Å². The van der Waals surface area contributed by atoms with Crippen molar-refractivity contribution < 1.29 is 19.1 Å². The van der Waals surface area contributed by atoms with Crippen molar-refractivity contribution in [2.45, 2.75) is 0 Å². The molecule has 3 aromatic carbocycles. The molecule has 0 unspecified atom stereocenters. The van der Waals surface area contributed by atoms with E-state index in [0.29, 0.717) is 27.7 Å². The van der Waals surface area contributed by atoms with E-state index >= 15 is 0 Å². The smallest absolute Gasteiger partial charge is 0.338 e. The largest absolute Gasteiger partial charge is 0.460 e. The van der Waals surface area contributed by atoms with Gasteiger partial charge < -0.3 is 10.1 Å². The summed E-state index contributed by atoms with van der Waals surface area (Å²) in [5.41, 5.74) is 2.41. The quantitative estimate of drug-likeness (QED) is 0.364. The van der Waals surface area contributed by atoms with Crippen molar-refractivity contribution in [2.24, 2.45) is 0 Å². The molecular formula is C25H18N4O4. The van der Waals surface area contributed by atoms with Gasteiger partial charge in [-0.05, 0) is 24.3 Å². The van der Waals surface area contributed by atoms with Crippen molar-refractivity contribution >= 4 is 34.3 Å². The van der Waals surface area contributed by atoms with E-state index in [0.717, 1.165) is 0 Å². The van der Waals surface area contributed by atoms with Gasteiger partial charge in [-0.15, -0.1) is 5.10 Å². The molecule has 0 spiro atoms. The highest BCUT2D eigenvalue weighted by Gasteiger charge is 2.34. The second-order valence-electron chi connectivity index (χ2n) is 7.35. The summed E-state index contributed by atoms with van der Waals surface area (Å²) in [6.45, 7) is 0.136. The molecule has 5 rings (SSSR count). The molecule has 0 amide bonds. The molecule has 0 saturated carbocycles. The fourth-order valence-electron chi connectivity index (χ4n) is 3.74. The molecule has 162 valence electrons. The molecule has 0 aliphatic heterocycles. The van der Waals surface area contributed by atoms with E-state index in [-0.39, 0.29) is 36.1 Å². The van der Waals surface area contributed by atoms with Crippen LogP contribution < -0.4 is 5.32 Å². The van der Waals surface area contributed by atoms with Crippen LogP contribution in [-0.2, 0) is 4.74 Å². The molecule has 8 nitrogen and oxygen atoms in total. The number of esters is 1. The molecule has 0 atom stereocenters. The molecule has 1 heterocycles.